The largest absolute Gasteiger partial charge is 0.507 e. The molecule has 1 amide bonds. The zero-order chi connectivity index (χ0) is 23.3. The number of amides is 1. The van der Waals surface area contributed by atoms with E-state index in [0.717, 1.165) is 34.2 Å². The summed E-state index contributed by atoms with van der Waals surface area (Å²) in [5, 5.41) is 13.2. The summed E-state index contributed by atoms with van der Waals surface area (Å²) < 4.78 is 12.2. The molecule has 0 radical (unpaired) electrons. The van der Waals surface area contributed by atoms with E-state index in [1.165, 1.54) is 5.56 Å². The Hall–Kier alpha value is -2.84. The van der Waals surface area contributed by atoms with Gasteiger partial charge in [0.15, 0.2) is 0 Å². The summed E-state index contributed by atoms with van der Waals surface area (Å²) in [4.78, 5) is 12.7. The molecule has 0 saturated carbocycles. The van der Waals surface area contributed by atoms with Crippen LogP contribution in [0.2, 0.25) is 0 Å². The van der Waals surface area contributed by atoms with Gasteiger partial charge in [-0.2, -0.15) is 0 Å². The number of carbonyl (C=O) groups excluding carboxylic acids is 1. The molecule has 0 aliphatic heterocycles. The second kappa shape index (κ2) is 10.2. The minimum Gasteiger partial charge on any atom is -0.507 e. The van der Waals surface area contributed by atoms with Gasteiger partial charge >= 0.3 is 0 Å². The van der Waals surface area contributed by atoms with Crippen molar-refractivity contribution in [3.05, 3.63) is 99.6 Å². The second-order valence-corrected chi connectivity index (χ2v) is 12.4. The van der Waals surface area contributed by atoms with Crippen molar-refractivity contribution in [3.63, 3.8) is 0 Å². The Morgan fingerprint density at radius 2 is 1.56 bits per heavy atom. The fourth-order valence-corrected chi connectivity index (χ4v) is 5.09. The van der Waals surface area contributed by atoms with Crippen LogP contribution in [0.4, 0.5) is 0 Å². The predicted octanol–water partition coefficient (Wildman–Crippen LogP) is 5.70. The number of aryl methyl sites for hydroxylation is 2. The van der Waals surface area contributed by atoms with E-state index in [-0.39, 0.29) is 11.7 Å². The summed E-state index contributed by atoms with van der Waals surface area (Å²) >= 11 is 0. The average Bonchev–Trinajstić information content (AvgIpc) is 2.71. The van der Waals surface area contributed by atoms with Gasteiger partial charge in [0, 0.05) is 12.7 Å². The van der Waals surface area contributed by atoms with E-state index in [0.29, 0.717) is 24.7 Å². The fraction of sp³-hybridized carbons (Fsp3) is 0.296. The van der Waals surface area contributed by atoms with Gasteiger partial charge in [-0.15, -0.1) is 0 Å². The molecule has 0 spiro atoms. The first kappa shape index (κ1) is 23.8. The molecule has 0 aliphatic rings. The van der Waals surface area contributed by atoms with E-state index in [4.69, 9.17) is 0 Å². The number of nitrogens with one attached hydrogen (secondary N) is 1. The Labute approximate surface area is 191 Å². The van der Waals surface area contributed by atoms with Crippen molar-refractivity contribution >= 4 is 13.0 Å². The standard InChI is InChI=1S/C27H32NO3P/c1-19-14-23(18-32(3,4)31)15-20(2)24(19)16-22-10-11-26(29)25(17-22)27(30)28-13-12-21-8-6-5-7-9-21/h5-11,14-15,17,29H,12-13,16,18H2,1-4H3,(H,28,30). The molecule has 0 bridgehead atoms. The number of hydrogen-bond acceptors (Lipinski definition) is 3. The molecular formula is C27H32NO3P. The minimum absolute atomic E-state index is 0.0172. The van der Waals surface area contributed by atoms with Crippen molar-refractivity contribution in [1.82, 2.24) is 5.32 Å². The molecule has 4 nitrogen and oxygen atoms in total. The van der Waals surface area contributed by atoms with Crippen LogP contribution in [0, 0.1) is 13.8 Å². The van der Waals surface area contributed by atoms with Crippen LogP contribution >= 0.6 is 7.14 Å². The Morgan fingerprint density at radius 3 is 2.19 bits per heavy atom. The fourth-order valence-electron chi connectivity index (χ4n) is 4.03. The van der Waals surface area contributed by atoms with E-state index < -0.39 is 7.14 Å². The molecule has 32 heavy (non-hydrogen) atoms. The Kier molecular flexibility index (Phi) is 7.58. The van der Waals surface area contributed by atoms with Gasteiger partial charge in [-0.25, -0.2) is 0 Å². The Morgan fingerprint density at radius 1 is 0.906 bits per heavy atom. The number of aromatic hydroxyl groups is 1. The van der Waals surface area contributed by atoms with Gasteiger partial charge in [0.25, 0.3) is 5.91 Å². The SMILES string of the molecule is Cc1cc(CP(C)(C)=O)cc(C)c1Cc1ccc(O)c(C(=O)NCCc2ccccc2)c1. The van der Waals surface area contributed by atoms with Crippen LogP contribution in [0.25, 0.3) is 0 Å². The molecule has 0 aromatic heterocycles. The molecule has 2 N–H and O–H groups in total. The average molecular weight is 450 g/mol. The van der Waals surface area contributed by atoms with Crippen LogP contribution in [0.3, 0.4) is 0 Å². The zero-order valence-electron chi connectivity index (χ0n) is 19.3. The van der Waals surface area contributed by atoms with Crippen molar-refractivity contribution < 1.29 is 14.5 Å². The smallest absolute Gasteiger partial charge is 0.255 e. The van der Waals surface area contributed by atoms with E-state index in [1.54, 1.807) is 12.1 Å². The number of carbonyl (C=O) groups is 1. The first-order valence-corrected chi connectivity index (χ1v) is 13.7. The van der Waals surface area contributed by atoms with Gasteiger partial charge in [-0.1, -0.05) is 48.5 Å². The van der Waals surface area contributed by atoms with Crippen LogP contribution < -0.4 is 5.32 Å². The zero-order valence-corrected chi connectivity index (χ0v) is 20.2. The van der Waals surface area contributed by atoms with Crippen molar-refractivity contribution in [1.29, 1.82) is 0 Å². The van der Waals surface area contributed by atoms with Crippen LogP contribution in [0.15, 0.2) is 60.7 Å². The minimum atomic E-state index is -2.13. The summed E-state index contributed by atoms with van der Waals surface area (Å²) in [7, 11) is -2.13. The first-order valence-electron chi connectivity index (χ1n) is 10.9. The lowest BCUT2D eigenvalue weighted by Gasteiger charge is -2.15. The third-order valence-corrected chi connectivity index (χ3v) is 6.67. The third-order valence-electron chi connectivity index (χ3n) is 5.55. The van der Waals surface area contributed by atoms with Crippen molar-refractivity contribution in [2.45, 2.75) is 32.9 Å². The predicted molar refractivity (Wildman–Crippen MR) is 132 cm³/mol. The van der Waals surface area contributed by atoms with Gasteiger partial charge in [0.1, 0.15) is 5.75 Å². The van der Waals surface area contributed by atoms with Gasteiger partial charge in [-0.05, 0) is 85.5 Å². The number of phenolic OH excluding ortho intramolecular Hbond substituents is 1. The van der Waals surface area contributed by atoms with Gasteiger partial charge < -0.3 is 15.0 Å². The summed E-state index contributed by atoms with van der Waals surface area (Å²) in [5.74, 6) is -0.290. The third kappa shape index (κ3) is 6.58. The van der Waals surface area contributed by atoms with Crippen LogP contribution in [0.5, 0.6) is 5.75 Å². The number of phenols is 1. The Balaban J connectivity index is 1.72. The lowest BCUT2D eigenvalue weighted by molar-refractivity contribution is 0.0951. The highest BCUT2D eigenvalue weighted by Crippen LogP contribution is 2.41. The van der Waals surface area contributed by atoms with E-state index in [2.05, 4.69) is 31.3 Å². The molecule has 5 heteroatoms. The van der Waals surface area contributed by atoms with Gasteiger partial charge in [0.05, 0.1) is 12.7 Å². The van der Waals surface area contributed by atoms with Crippen LogP contribution in [-0.2, 0) is 23.6 Å². The highest BCUT2D eigenvalue weighted by molar-refractivity contribution is 7.61. The molecule has 0 heterocycles. The number of benzene rings is 3. The van der Waals surface area contributed by atoms with Crippen molar-refractivity contribution in [2.75, 3.05) is 19.9 Å². The maximum atomic E-state index is 12.7. The van der Waals surface area contributed by atoms with Crippen LogP contribution in [0.1, 0.15) is 43.7 Å². The first-order chi connectivity index (χ1) is 15.1. The topological polar surface area (TPSA) is 66.4 Å². The van der Waals surface area contributed by atoms with E-state index in [1.807, 2.05) is 49.7 Å². The summed E-state index contributed by atoms with van der Waals surface area (Å²) in [6.07, 6.45) is 2.00. The highest BCUT2D eigenvalue weighted by Gasteiger charge is 2.15. The molecular weight excluding hydrogens is 417 g/mol. The van der Waals surface area contributed by atoms with Crippen LogP contribution in [-0.4, -0.2) is 30.9 Å². The summed E-state index contributed by atoms with van der Waals surface area (Å²) in [5.41, 5.74) is 7.00. The molecule has 0 unspecified atom stereocenters. The second-order valence-electron chi connectivity index (χ2n) is 8.96. The molecule has 0 saturated heterocycles. The van der Waals surface area contributed by atoms with E-state index >= 15 is 0 Å². The highest BCUT2D eigenvalue weighted by atomic mass is 31.2. The quantitative estimate of drug-likeness (QED) is 0.434. The number of rotatable bonds is 8. The maximum absolute atomic E-state index is 12.7. The summed E-state index contributed by atoms with van der Waals surface area (Å²) in [6, 6.07) is 19.4. The molecule has 168 valence electrons. The molecule has 0 atom stereocenters. The molecule has 3 aromatic carbocycles. The van der Waals surface area contributed by atoms with Crippen molar-refractivity contribution in [2.24, 2.45) is 0 Å². The molecule has 3 rings (SSSR count). The summed E-state index contributed by atoms with van der Waals surface area (Å²) in [6.45, 7) is 8.27. The van der Waals surface area contributed by atoms with Gasteiger partial charge in [0.2, 0.25) is 0 Å². The monoisotopic (exact) mass is 449 g/mol. The molecule has 0 fully saturated rings. The van der Waals surface area contributed by atoms with E-state index in [9.17, 15) is 14.5 Å². The maximum Gasteiger partial charge on any atom is 0.255 e. The lowest BCUT2D eigenvalue weighted by Crippen LogP contribution is -2.25. The normalized spacial score (nSPS) is 11.4. The lowest BCUT2D eigenvalue weighted by atomic mass is 9.93. The molecule has 3 aromatic rings. The molecule has 0 aliphatic carbocycles. The Bertz CT molecular complexity index is 1130. The van der Waals surface area contributed by atoms with Gasteiger partial charge in [-0.3, -0.25) is 4.79 Å². The van der Waals surface area contributed by atoms with Crippen molar-refractivity contribution in [3.8, 4) is 5.75 Å². The number of hydrogen-bond donors (Lipinski definition) is 2.